The predicted octanol–water partition coefficient (Wildman–Crippen LogP) is 4.71. The molecule has 0 unspecified atom stereocenters. The fraction of sp³-hybridized carbons (Fsp3) is 0.192. The maximum Gasteiger partial charge on any atom is 0.258 e. The van der Waals surface area contributed by atoms with Gasteiger partial charge >= 0.3 is 0 Å². The number of nitrogens with one attached hydrogen (secondary N) is 2. The number of halogens is 1. The number of sulfonamides is 1. The Kier molecular flexibility index (Phi) is 7.30. The van der Waals surface area contributed by atoms with Crippen LogP contribution in [-0.2, 0) is 14.8 Å². The number of carbonyl (C=O) groups excluding carboxylic acids is 1. The number of likely N-dealkylation sites (N-methyl/N-ethyl adjacent to an activating group) is 1. The van der Waals surface area contributed by atoms with E-state index in [1.807, 2.05) is 79.7 Å². The zero-order valence-corrected chi connectivity index (χ0v) is 22.2. The van der Waals surface area contributed by atoms with Gasteiger partial charge in [-0.3, -0.25) is 9.10 Å². The van der Waals surface area contributed by atoms with Crippen molar-refractivity contribution in [3.63, 3.8) is 0 Å². The molecule has 1 heterocycles. The van der Waals surface area contributed by atoms with Gasteiger partial charge in [0.2, 0.25) is 10.0 Å². The lowest BCUT2D eigenvalue weighted by Crippen LogP contribution is -2.35. The monoisotopic (exact) mass is 554 g/mol. The van der Waals surface area contributed by atoms with Crippen molar-refractivity contribution in [2.75, 3.05) is 48.4 Å². The first-order chi connectivity index (χ1) is 16.6. The molecule has 9 heteroatoms. The van der Waals surface area contributed by atoms with Crippen molar-refractivity contribution in [1.29, 1.82) is 0 Å². The molecule has 2 N–H and O–H groups in total. The molecular weight excluding hydrogens is 528 g/mol. The molecule has 0 radical (unpaired) electrons. The summed E-state index contributed by atoms with van der Waals surface area (Å²) in [5, 5.41) is 6.35. The molecule has 0 saturated carbocycles. The smallest absolute Gasteiger partial charge is 0.258 e. The second-order valence-corrected chi connectivity index (χ2v) is 11.4. The molecule has 7 nitrogen and oxygen atoms in total. The molecule has 182 valence electrons. The number of nitrogens with zero attached hydrogens (tertiary/aromatic N) is 2. The van der Waals surface area contributed by atoms with Crippen LogP contribution in [0.15, 0.2) is 77.3 Å². The molecule has 0 saturated heterocycles. The summed E-state index contributed by atoms with van der Waals surface area (Å²) in [5.41, 5.74) is 4.96. The highest BCUT2D eigenvalue weighted by molar-refractivity contribution is 9.10. The number of fused-ring (bicyclic) bond motifs is 1. The molecule has 1 aliphatic rings. The first-order valence-corrected chi connectivity index (χ1v) is 13.7. The highest BCUT2D eigenvalue weighted by Crippen LogP contribution is 2.39. The van der Waals surface area contributed by atoms with E-state index >= 15 is 0 Å². The third-order valence-electron chi connectivity index (χ3n) is 5.61. The van der Waals surface area contributed by atoms with E-state index in [4.69, 9.17) is 0 Å². The third-order valence-corrected chi connectivity index (χ3v) is 7.30. The molecule has 35 heavy (non-hydrogen) atoms. The van der Waals surface area contributed by atoms with Gasteiger partial charge in [0.15, 0.2) is 0 Å². The predicted molar refractivity (Wildman–Crippen MR) is 147 cm³/mol. The Balaban J connectivity index is 1.72. The largest absolute Gasteiger partial charge is 0.354 e. The summed E-state index contributed by atoms with van der Waals surface area (Å²) in [6.07, 6.45) is 1.21. The number of hydrogen-bond acceptors (Lipinski definition) is 5. The van der Waals surface area contributed by atoms with E-state index in [1.54, 1.807) is 12.1 Å². The van der Waals surface area contributed by atoms with Crippen LogP contribution in [0.4, 0.5) is 17.1 Å². The number of benzene rings is 3. The molecule has 0 atom stereocenters. The number of anilines is 3. The Bertz CT molecular complexity index is 1370. The molecule has 3 aromatic carbocycles. The topological polar surface area (TPSA) is 81.8 Å². The fourth-order valence-electron chi connectivity index (χ4n) is 3.91. The summed E-state index contributed by atoms with van der Waals surface area (Å²) in [4.78, 5) is 15.0. The minimum absolute atomic E-state index is 0.187. The zero-order valence-electron chi connectivity index (χ0n) is 19.7. The van der Waals surface area contributed by atoms with Crippen LogP contribution in [0.2, 0.25) is 0 Å². The Hall–Kier alpha value is -3.14. The molecule has 0 aliphatic carbocycles. The molecule has 3 aromatic rings. The SMILES string of the molecule is CN(C)CCN(c1ccc(NC(=C2C(=O)Nc3cc(Br)ccc32)c2ccccc2)cc1)S(C)(=O)=O. The summed E-state index contributed by atoms with van der Waals surface area (Å²) >= 11 is 3.46. The van der Waals surface area contributed by atoms with Gasteiger partial charge in [0, 0.05) is 28.8 Å². The number of carbonyl (C=O) groups is 1. The Labute approximate surface area is 214 Å². The van der Waals surface area contributed by atoms with E-state index in [0.717, 1.165) is 27.0 Å². The van der Waals surface area contributed by atoms with Gasteiger partial charge in [0.25, 0.3) is 5.91 Å². The van der Waals surface area contributed by atoms with E-state index < -0.39 is 10.0 Å². The second-order valence-electron chi connectivity index (χ2n) is 8.57. The van der Waals surface area contributed by atoms with Crippen molar-refractivity contribution >= 4 is 60.2 Å². The van der Waals surface area contributed by atoms with Gasteiger partial charge < -0.3 is 15.5 Å². The Morgan fingerprint density at radius 1 is 0.971 bits per heavy atom. The van der Waals surface area contributed by atoms with Crippen LogP contribution in [0.1, 0.15) is 11.1 Å². The minimum atomic E-state index is -3.43. The van der Waals surface area contributed by atoms with Crippen molar-refractivity contribution < 1.29 is 13.2 Å². The Morgan fingerprint density at radius 2 is 1.66 bits per heavy atom. The lowest BCUT2D eigenvalue weighted by atomic mass is 10.00. The van der Waals surface area contributed by atoms with Crippen LogP contribution in [0.3, 0.4) is 0 Å². The van der Waals surface area contributed by atoms with E-state index in [-0.39, 0.29) is 5.91 Å². The van der Waals surface area contributed by atoms with Crippen molar-refractivity contribution in [2.24, 2.45) is 0 Å². The van der Waals surface area contributed by atoms with Crippen molar-refractivity contribution in [2.45, 2.75) is 0 Å². The number of rotatable bonds is 8. The summed E-state index contributed by atoms with van der Waals surface area (Å²) < 4.78 is 27.0. The van der Waals surface area contributed by atoms with Crippen molar-refractivity contribution in [1.82, 2.24) is 4.90 Å². The molecule has 1 amide bonds. The molecular formula is C26H27BrN4O3S. The van der Waals surface area contributed by atoms with Crippen LogP contribution in [0.25, 0.3) is 11.3 Å². The first kappa shape index (κ1) is 25.0. The molecule has 0 bridgehead atoms. The van der Waals surface area contributed by atoms with Gasteiger partial charge in [0.1, 0.15) is 0 Å². The molecule has 0 spiro atoms. The lowest BCUT2D eigenvalue weighted by molar-refractivity contribution is -0.110. The van der Waals surface area contributed by atoms with Crippen molar-refractivity contribution in [3.05, 3.63) is 88.4 Å². The summed E-state index contributed by atoms with van der Waals surface area (Å²) in [7, 11) is 0.380. The normalized spacial score (nSPS) is 14.5. The summed E-state index contributed by atoms with van der Waals surface area (Å²) in [6.45, 7) is 0.951. The van der Waals surface area contributed by atoms with Crippen molar-refractivity contribution in [3.8, 4) is 0 Å². The van der Waals surface area contributed by atoms with E-state index in [2.05, 4.69) is 26.6 Å². The van der Waals surface area contributed by atoms with Gasteiger partial charge in [-0.25, -0.2) is 8.42 Å². The fourth-order valence-corrected chi connectivity index (χ4v) is 5.19. The first-order valence-electron chi connectivity index (χ1n) is 11.0. The van der Waals surface area contributed by atoms with Gasteiger partial charge in [-0.05, 0) is 56.1 Å². The van der Waals surface area contributed by atoms with Gasteiger partial charge in [0.05, 0.1) is 28.9 Å². The molecule has 0 aromatic heterocycles. The zero-order chi connectivity index (χ0) is 25.2. The van der Waals surface area contributed by atoms with Crippen LogP contribution < -0.4 is 14.9 Å². The highest BCUT2D eigenvalue weighted by Gasteiger charge is 2.28. The van der Waals surface area contributed by atoms with Crippen LogP contribution in [0, 0.1) is 0 Å². The number of amides is 1. The second kappa shape index (κ2) is 10.2. The maximum atomic E-state index is 13.0. The average Bonchev–Trinajstić information content (AvgIpc) is 3.12. The summed E-state index contributed by atoms with van der Waals surface area (Å²) in [5.74, 6) is -0.187. The van der Waals surface area contributed by atoms with Gasteiger partial charge in [-0.1, -0.05) is 52.3 Å². The molecule has 0 fully saturated rings. The third kappa shape index (κ3) is 5.75. The van der Waals surface area contributed by atoms with Gasteiger partial charge in [-0.15, -0.1) is 0 Å². The lowest BCUT2D eigenvalue weighted by Gasteiger charge is -2.24. The maximum absolute atomic E-state index is 13.0. The van der Waals surface area contributed by atoms with Crippen LogP contribution in [0.5, 0.6) is 0 Å². The minimum Gasteiger partial charge on any atom is -0.354 e. The standard InChI is InChI=1S/C26H27BrN4O3S/c1-30(2)15-16-31(35(3,33)34)21-12-10-20(11-13-21)28-25(18-7-5-4-6-8-18)24-22-14-9-19(27)17-23(22)29-26(24)32/h4-14,17,28H,15-16H2,1-3H3,(H,29,32). The van der Waals surface area contributed by atoms with E-state index in [9.17, 15) is 13.2 Å². The Morgan fingerprint density at radius 3 is 2.29 bits per heavy atom. The molecule has 4 rings (SSSR count). The molecule has 1 aliphatic heterocycles. The quantitative estimate of drug-likeness (QED) is 0.394. The average molecular weight is 555 g/mol. The van der Waals surface area contributed by atoms with E-state index in [0.29, 0.717) is 30.0 Å². The van der Waals surface area contributed by atoms with Crippen LogP contribution >= 0.6 is 15.9 Å². The highest BCUT2D eigenvalue weighted by atomic mass is 79.9. The van der Waals surface area contributed by atoms with Gasteiger partial charge in [-0.2, -0.15) is 0 Å². The number of hydrogen-bond donors (Lipinski definition) is 2. The van der Waals surface area contributed by atoms with E-state index in [1.165, 1.54) is 10.6 Å². The van der Waals surface area contributed by atoms with Crippen LogP contribution in [-0.4, -0.2) is 52.7 Å². The summed E-state index contributed by atoms with van der Waals surface area (Å²) in [6, 6.07) is 22.5.